The molecular formula is C20H31N2O4+. The van der Waals surface area contributed by atoms with Gasteiger partial charge in [-0.3, -0.25) is 4.79 Å². The van der Waals surface area contributed by atoms with Crippen molar-refractivity contribution in [1.82, 2.24) is 4.90 Å². The smallest absolute Gasteiger partial charge is 0.352 e. The van der Waals surface area contributed by atoms with Crippen molar-refractivity contribution in [1.29, 1.82) is 0 Å². The van der Waals surface area contributed by atoms with Gasteiger partial charge < -0.3 is 19.6 Å². The fourth-order valence-corrected chi connectivity index (χ4v) is 6.09. The summed E-state index contributed by atoms with van der Waals surface area (Å²) in [5.41, 5.74) is 1.26. The number of likely N-dealkylation sites (tertiary alicyclic amines) is 1. The van der Waals surface area contributed by atoms with E-state index in [1.165, 1.54) is 30.8 Å². The lowest BCUT2D eigenvalue weighted by molar-refractivity contribution is -0.898. The van der Waals surface area contributed by atoms with Gasteiger partial charge in [0.1, 0.15) is 5.70 Å². The Kier molecular flexibility index (Phi) is 4.39. The number of hydrogen-bond acceptors (Lipinski definition) is 3. The number of amides is 1. The van der Waals surface area contributed by atoms with Gasteiger partial charge in [0.2, 0.25) is 5.91 Å². The lowest BCUT2D eigenvalue weighted by atomic mass is 9.68. The van der Waals surface area contributed by atoms with Crippen molar-refractivity contribution in [2.24, 2.45) is 17.8 Å². The second-order valence-electron chi connectivity index (χ2n) is 9.09. The maximum Gasteiger partial charge on any atom is 0.352 e. The van der Waals surface area contributed by atoms with Gasteiger partial charge in [0.05, 0.1) is 44.7 Å². The minimum atomic E-state index is -0.974. The van der Waals surface area contributed by atoms with E-state index >= 15 is 0 Å². The summed E-state index contributed by atoms with van der Waals surface area (Å²) in [5.74, 6) is -1.22. The van der Waals surface area contributed by atoms with E-state index in [1.807, 2.05) is 0 Å². The van der Waals surface area contributed by atoms with Gasteiger partial charge in [0.25, 0.3) is 0 Å². The number of fused-ring (bicyclic) bond motifs is 3. The zero-order valence-corrected chi connectivity index (χ0v) is 15.9. The first-order chi connectivity index (χ1) is 12.3. The van der Waals surface area contributed by atoms with Gasteiger partial charge in [-0.2, -0.15) is 0 Å². The van der Waals surface area contributed by atoms with Crippen molar-refractivity contribution < 1.29 is 24.3 Å². The van der Waals surface area contributed by atoms with Crippen molar-refractivity contribution in [3.8, 4) is 0 Å². The highest BCUT2D eigenvalue weighted by Crippen LogP contribution is 2.54. The van der Waals surface area contributed by atoms with Crippen LogP contribution in [0.15, 0.2) is 11.3 Å². The van der Waals surface area contributed by atoms with E-state index in [2.05, 4.69) is 7.05 Å². The van der Waals surface area contributed by atoms with Gasteiger partial charge in [0.15, 0.2) is 0 Å². The summed E-state index contributed by atoms with van der Waals surface area (Å²) in [7, 11) is 2.31. The molecule has 4 aliphatic rings. The van der Waals surface area contributed by atoms with Gasteiger partial charge in [-0.15, -0.1) is 0 Å². The normalized spacial score (nSPS) is 36.6. The summed E-state index contributed by atoms with van der Waals surface area (Å²) in [5, 5.41) is 19.9. The number of hydrogen-bond donors (Lipinski definition) is 2. The number of rotatable bonds is 5. The average molecular weight is 363 g/mol. The molecule has 0 aromatic rings. The Morgan fingerprint density at radius 1 is 1.27 bits per heavy atom. The Bertz CT molecular complexity index is 650. The van der Waals surface area contributed by atoms with Crippen LogP contribution in [0.25, 0.3) is 0 Å². The summed E-state index contributed by atoms with van der Waals surface area (Å²) in [6.07, 6.45) is 5.91. The van der Waals surface area contributed by atoms with Crippen molar-refractivity contribution >= 4 is 11.9 Å². The zero-order valence-electron chi connectivity index (χ0n) is 15.9. The monoisotopic (exact) mass is 363 g/mol. The number of aliphatic carboxylic acids is 1. The van der Waals surface area contributed by atoms with Crippen molar-refractivity contribution in [2.45, 2.75) is 57.6 Å². The fraction of sp³-hybridized carbons (Fsp3) is 0.800. The first kappa shape index (κ1) is 18.0. The average Bonchev–Trinajstić information content (AvgIpc) is 3.13. The van der Waals surface area contributed by atoms with Crippen molar-refractivity contribution in [2.75, 3.05) is 26.7 Å². The van der Waals surface area contributed by atoms with Crippen LogP contribution in [0.5, 0.6) is 0 Å². The number of nitrogens with zero attached hydrogens (tertiary/aromatic N) is 2. The molecule has 2 N–H and O–H groups in total. The van der Waals surface area contributed by atoms with Crippen LogP contribution in [0.4, 0.5) is 0 Å². The SMILES string of the molecule is C[C@@H](O)[C@H]1C(=O)N2C(C(=O)O)=C3[C@@H](CC[N+]4(C)CCCC4)CCC[C@@H]3[C@H]12. The molecule has 0 spiro atoms. The topological polar surface area (TPSA) is 77.8 Å². The zero-order chi connectivity index (χ0) is 18.6. The van der Waals surface area contributed by atoms with Crippen LogP contribution in [0.3, 0.4) is 0 Å². The summed E-state index contributed by atoms with van der Waals surface area (Å²) in [6.45, 7) is 5.18. The summed E-state index contributed by atoms with van der Waals surface area (Å²) in [6, 6.07) is -0.136. The molecule has 0 bridgehead atoms. The van der Waals surface area contributed by atoms with E-state index in [9.17, 15) is 19.8 Å². The summed E-state index contributed by atoms with van der Waals surface area (Å²) in [4.78, 5) is 26.1. The molecule has 3 aliphatic heterocycles. The van der Waals surface area contributed by atoms with Crippen LogP contribution in [-0.4, -0.2) is 70.3 Å². The number of aliphatic hydroxyl groups is 1. The number of carbonyl (C=O) groups excluding carboxylic acids is 1. The molecule has 1 saturated carbocycles. The Balaban J connectivity index is 1.60. The third kappa shape index (κ3) is 2.61. The van der Waals surface area contributed by atoms with Gasteiger partial charge in [-0.25, -0.2) is 4.79 Å². The van der Waals surface area contributed by atoms with E-state index in [-0.39, 0.29) is 29.5 Å². The number of quaternary nitrogens is 1. The lowest BCUT2D eigenvalue weighted by Gasteiger charge is -2.47. The summed E-state index contributed by atoms with van der Waals surface area (Å²) >= 11 is 0. The molecule has 6 heteroatoms. The van der Waals surface area contributed by atoms with Crippen LogP contribution in [0, 0.1) is 17.8 Å². The van der Waals surface area contributed by atoms with Crippen molar-refractivity contribution in [3.05, 3.63) is 11.3 Å². The second kappa shape index (κ2) is 6.34. The lowest BCUT2D eigenvalue weighted by Crippen LogP contribution is -2.64. The molecule has 0 radical (unpaired) electrons. The van der Waals surface area contributed by atoms with E-state index < -0.39 is 18.0 Å². The van der Waals surface area contributed by atoms with Gasteiger partial charge in [-0.05, 0) is 31.3 Å². The molecule has 5 atom stereocenters. The Morgan fingerprint density at radius 2 is 1.96 bits per heavy atom. The van der Waals surface area contributed by atoms with Crippen LogP contribution < -0.4 is 0 Å². The number of carboxylic acid groups (broad SMARTS) is 1. The predicted octanol–water partition coefficient (Wildman–Crippen LogP) is 1.59. The highest BCUT2D eigenvalue weighted by atomic mass is 16.4. The molecule has 0 aromatic carbocycles. The molecular weight excluding hydrogens is 332 g/mol. The number of β-lactam (4-membered cyclic amide) rings is 1. The van der Waals surface area contributed by atoms with Gasteiger partial charge in [-0.1, -0.05) is 6.42 Å². The van der Waals surface area contributed by atoms with Crippen molar-refractivity contribution in [3.63, 3.8) is 0 Å². The van der Waals surface area contributed by atoms with Crippen LogP contribution >= 0.6 is 0 Å². The van der Waals surface area contributed by atoms with E-state index in [0.29, 0.717) is 0 Å². The first-order valence-corrected chi connectivity index (χ1v) is 10.2. The van der Waals surface area contributed by atoms with Crippen LogP contribution in [0.2, 0.25) is 0 Å². The molecule has 144 valence electrons. The van der Waals surface area contributed by atoms with Gasteiger partial charge in [0, 0.05) is 25.2 Å². The molecule has 1 amide bonds. The number of carboxylic acids is 1. The molecule has 2 saturated heterocycles. The highest BCUT2D eigenvalue weighted by Gasteiger charge is 2.62. The highest BCUT2D eigenvalue weighted by molar-refractivity contribution is 6.00. The Labute approximate surface area is 155 Å². The van der Waals surface area contributed by atoms with Crippen LogP contribution in [0.1, 0.15) is 45.4 Å². The van der Waals surface area contributed by atoms with E-state index in [4.69, 9.17) is 0 Å². The maximum atomic E-state index is 12.5. The first-order valence-electron chi connectivity index (χ1n) is 10.2. The van der Waals surface area contributed by atoms with Crippen LogP contribution in [-0.2, 0) is 9.59 Å². The molecule has 6 nitrogen and oxygen atoms in total. The molecule has 1 aliphatic carbocycles. The van der Waals surface area contributed by atoms with Gasteiger partial charge >= 0.3 is 5.97 Å². The molecule has 0 aromatic heterocycles. The second-order valence-corrected chi connectivity index (χ2v) is 9.09. The van der Waals surface area contributed by atoms with E-state index in [0.717, 1.165) is 42.3 Å². The quantitative estimate of drug-likeness (QED) is 0.574. The molecule has 3 heterocycles. The third-order valence-electron chi connectivity index (χ3n) is 7.41. The largest absolute Gasteiger partial charge is 0.477 e. The predicted molar refractivity (Wildman–Crippen MR) is 95.9 cm³/mol. The third-order valence-corrected chi connectivity index (χ3v) is 7.41. The number of aliphatic hydroxyl groups excluding tert-OH is 1. The number of carbonyl (C=O) groups is 2. The van der Waals surface area contributed by atoms with E-state index in [1.54, 1.807) is 6.92 Å². The molecule has 0 unspecified atom stereocenters. The fourth-order valence-electron chi connectivity index (χ4n) is 6.09. The Hall–Kier alpha value is -1.40. The maximum absolute atomic E-state index is 12.5. The summed E-state index contributed by atoms with van der Waals surface area (Å²) < 4.78 is 1.10. The molecule has 4 rings (SSSR count). The Morgan fingerprint density at radius 3 is 2.58 bits per heavy atom. The molecule has 3 fully saturated rings. The standard InChI is InChI=1S/C20H30N2O4/c1-12(23)15-17-14-7-5-6-13(8-11-22(2)9-3-4-10-22)16(14)18(20(25)26)21(17)19(15)24/h12-15,17,23H,3-11H2,1-2H3/p+1/t12-,13-,14+,15-,17-/m1/s1. The minimum absolute atomic E-state index is 0.126. The molecule has 26 heavy (non-hydrogen) atoms. The minimum Gasteiger partial charge on any atom is -0.477 e.